The maximum atomic E-state index is 12.4. The molecule has 0 fully saturated rings. The van der Waals surface area contributed by atoms with Gasteiger partial charge in [0.15, 0.2) is 6.61 Å². The van der Waals surface area contributed by atoms with Gasteiger partial charge in [-0.3, -0.25) is 9.59 Å². The number of carbonyl (C=O) groups is 2. The lowest BCUT2D eigenvalue weighted by molar-refractivity contribution is -0.121. The zero-order chi connectivity index (χ0) is 20.1. The molecule has 0 radical (unpaired) electrons. The van der Waals surface area contributed by atoms with Crippen LogP contribution in [0.3, 0.4) is 0 Å². The summed E-state index contributed by atoms with van der Waals surface area (Å²) in [5.41, 5.74) is 1.29. The van der Waals surface area contributed by atoms with Crippen molar-refractivity contribution in [2.24, 2.45) is 5.92 Å². The van der Waals surface area contributed by atoms with Gasteiger partial charge in [-0.25, -0.2) is 0 Å². The third-order valence-electron chi connectivity index (χ3n) is 4.30. The van der Waals surface area contributed by atoms with Gasteiger partial charge in [-0.1, -0.05) is 25.4 Å². The monoisotopic (exact) mass is 402 g/mol. The van der Waals surface area contributed by atoms with Crippen LogP contribution in [0.2, 0.25) is 5.02 Å². The molecule has 2 aromatic carbocycles. The predicted molar refractivity (Wildman–Crippen MR) is 109 cm³/mol. The summed E-state index contributed by atoms with van der Waals surface area (Å²) in [6.07, 6.45) is 0.649. The molecule has 0 atom stereocenters. The fourth-order valence-corrected chi connectivity index (χ4v) is 2.88. The summed E-state index contributed by atoms with van der Waals surface area (Å²) in [5.74, 6) is 1.03. The van der Waals surface area contributed by atoms with Crippen LogP contribution in [0.5, 0.6) is 11.5 Å². The molecule has 0 aromatic heterocycles. The fraction of sp³-hybridized carbons (Fsp3) is 0.333. The van der Waals surface area contributed by atoms with Crippen LogP contribution in [0.15, 0.2) is 42.5 Å². The number of benzene rings is 2. The molecule has 0 bridgehead atoms. The Balaban J connectivity index is 1.63. The molecule has 3 rings (SSSR count). The highest BCUT2D eigenvalue weighted by molar-refractivity contribution is 6.30. The summed E-state index contributed by atoms with van der Waals surface area (Å²) < 4.78 is 11.2. The Labute approximate surface area is 169 Å². The van der Waals surface area contributed by atoms with E-state index in [0.717, 1.165) is 5.75 Å². The van der Waals surface area contributed by atoms with E-state index in [2.05, 4.69) is 5.32 Å². The Morgan fingerprint density at radius 1 is 1.25 bits per heavy atom. The molecule has 1 aliphatic heterocycles. The molecule has 0 spiro atoms. The minimum Gasteiger partial charge on any atom is -0.494 e. The smallest absolute Gasteiger partial charge is 0.265 e. The van der Waals surface area contributed by atoms with Gasteiger partial charge in [-0.05, 0) is 48.9 Å². The second-order valence-corrected chi connectivity index (χ2v) is 7.25. The van der Waals surface area contributed by atoms with E-state index in [1.165, 1.54) is 0 Å². The molecule has 1 aliphatic rings. The summed E-state index contributed by atoms with van der Waals surface area (Å²) in [6.45, 7) is 4.61. The van der Waals surface area contributed by atoms with E-state index in [1.54, 1.807) is 47.4 Å². The number of carbonyl (C=O) groups excluding carboxylic acids is 2. The van der Waals surface area contributed by atoms with E-state index in [-0.39, 0.29) is 24.3 Å². The van der Waals surface area contributed by atoms with E-state index in [9.17, 15) is 9.59 Å². The zero-order valence-corrected chi connectivity index (χ0v) is 16.7. The van der Waals surface area contributed by atoms with Crippen molar-refractivity contribution in [2.75, 3.05) is 30.0 Å². The Kier molecular flexibility index (Phi) is 6.41. The number of anilines is 2. The topological polar surface area (TPSA) is 67.9 Å². The Morgan fingerprint density at radius 3 is 2.71 bits per heavy atom. The number of nitrogens with zero attached hydrogens (tertiary/aromatic N) is 1. The number of amides is 2. The Bertz CT molecular complexity index is 852. The summed E-state index contributed by atoms with van der Waals surface area (Å²) >= 11 is 5.86. The Hall–Kier alpha value is -2.73. The molecule has 0 saturated carbocycles. The molecule has 28 heavy (non-hydrogen) atoms. The van der Waals surface area contributed by atoms with E-state index in [0.29, 0.717) is 41.7 Å². The van der Waals surface area contributed by atoms with Gasteiger partial charge in [0.1, 0.15) is 11.5 Å². The maximum absolute atomic E-state index is 12.4. The van der Waals surface area contributed by atoms with Crippen molar-refractivity contribution in [3.63, 3.8) is 0 Å². The van der Waals surface area contributed by atoms with E-state index in [1.807, 2.05) is 13.8 Å². The third kappa shape index (κ3) is 4.95. The molecule has 0 saturated heterocycles. The fourth-order valence-electron chi connectivity index (χ4n) is 2.76. The largest absolute Gasteiger partial charge is 0.494 e. The minimum absolute atomic E-state index is 0.00272. The number of ether oxygens (including phenoxy) is 2. The summed E-state index contributed by atoms with van der Waals surface area (Å²) in [7, 11) is 0. The molecule has 1 N–H and O–H groups in total. The zero-order valence-electron chi connectivity index (χ0n) is 15.9. The number of halogens is 1. The van der Waals surface area contributed by atoms with Crippen LogP contribution in [0.25, 0.3) is 0 Å². The number of rotatable bonds is 7. The highest BCUT2D eigenvalue weighted by atomic mass is 35.5. The predicted octanol–water partition coefficient (Wildman–Crippen LogP) is 4.13. The highest BCUT2D eigenvalue weighted by Gasteiger charge is 2.25. The van der Waals surface area contributed by atoms with Gasteiger partial charge in [0.25, 0.3) is 5.91 Å². The maximum Gasteiger partial charge on any atom is 0.265 e. The van der Waals surface area contributed by atoms with Crippen molar-refractivity contribution in [2.45, 2.75) is 20.3 Å². The molecule has 6 nitrogen and oxygen atoms in total. The standard InChI is InChI=1S/C21H23ClN2O4/c1-14(2)21(26)23-16-6-9-19-18(12-16)24(20(25)13-28-19)10-3-11-27-17-7-4-15(22)5-8-17/h4-9,12,14H,3,10-11,13H2,1-2H3,(H,23,26). The van der Waals surface area contributed by atoms with Gasteiger partial charge in [0.2, 0.25) is 5.91 Å². The molecular weight excluding hydrogens is 380 g/mol. The first-order chi connectivity index (χ1) is 13.4. The first-order valence-corrected chi connectivity index (χ1v) is 9.58. The van der Waals surface area contributed by atoms with Gasteiger partial charge in [-0.15, -0.1) is 0 Å². The average Bonchev–Trinajstić information content (AvgIpc) is 2.68. The van der Waals surface area contributed by atoms with Crippen LogP contribution in [-0.4, -0.2) is 31.6 Å². The average molecular weight is 403 g/mol. The van der Waals surface area contributed by atoms with Gasteiger partial charge in [0.05, 0.1) is 12.3 Å². The van der Waals surface area contributed by atoms with Gasteiger partial charge in [-0.2, -0.15) is 0 Å². The summed E-state index contributed by atoms with van der Waals surface area (Å²) in [4.78, 5) is 26.0. The lowest BCUT2D eigenvalue weighted by Crippen LogP contribution is -2.39. The molecule has 0 aliphatic carbocycles. The van der Waals surface area contributed by atoms with Crippen molar-refractivity contribution < 1.29 is 19.1 Å². The van der Waals surface area contributed by atoms with Gasteiger partial charge in [0, 0.05) is 23.2 Å². The first kappa shape index (κ1) is 20.0. The van der Waals surface area contributed by atoms with Gasteiger partial charge >= 0.3 is 0 Å². The molecule has 2 amide bonds. The van der Waals surface area contributed by atoms with E-state index >= 15 is 0 Å². The quantitative estimate of drug-likeness (QED) is 0.707. The molecule has 7 heteroatoms. The van der Waals surface area contributed by atoms with Crippen LogP contribution >= 0.6 is 11.6 Å². The SMILES string of the molecule is CC(C)C(=O)Nc1ccc2c(c1)N(CCCOc1ccc(Cl)cc1)C(=O)CO2. The molecule has 0 unspecified atom stereocenters. The lowest BCUT2D eigenvalue weighted by Gasteiger charge is -2.30. The number of fused-ring (bicyclic) bond motifs is 1. The van der Waals surface area contributed by atoms with Crippen molar-refractivity contribution in [1.29, 1.82) is 0 Å². The number of hydrogen-bond donors (Lipinski definition) is 1. The van der Waals surface area contributed by atoms with Crippen molar-refractivity contribution in [3.8, 4) is 11.5 Å². The molecule has 2 aromatic rings. The van der Waals surface area contributed by atoms with Crippen LogP contribution in [0, 0.1) is 5.92 Å². The van der Waals surface area contributed by atoms with Crippen molar-refractivity contribution in [3.05, 3.63) is 47.5 Å². The summed E-state index contributed by atoms with van der Waals surface area (Å²) in [6, 6.07) is 12.5. The van der Waals surface area contributed by atoms with E-state index < -0.39 is 0 Å². The molecular formula is C21H23ClN2O4. The summed E-state index contributed by atoms with van der Waals surface area (Å²) in [5, 5.41) is 3.51. The van der Waals surface area contributed by atoms with Crippen LogP contribution in [0.1, 0.15) is 20.3 Å². The number of hydrogen-bond acceptors (Lipinski definition) is 4. The number of nitrogens with one attached hydrogen (secondary N) is 1. The second kappa shape index (κ2) is 8.97. The van der Waals surface area contributed by atoms with E-state index in [4.69, 9.17) is 21.1 Å². The lowest BCUT2D eigenvalue weighted by atomic mass is 10.1. The second-order valence-electron chi connectivity index (χ2n) is 6.82. The Morgan fingerprint density at radius 2 is 2.00 bits per heavy atom. The van der Waals surface area contributed by atoms with Crippen molar-refractivity contribution in [1.82, 2.24) is 0 Å². The van der Waals surface area contributed by atoms with Crippen LogP contribution < -0.4 is 19.7 Å². The normalized spacial score (nSPS) is 13.1. The first-order valence-electron chi connectivity index (χ1n) is 9.20. The molecule has 1 heterocycles. The highest BCUT2D eigenvalue weighted by Crippen LogP contribution is 2.34. The third-order valence-corrected chi connectivity index (χ3v) is 4.55. The van der Waals surface area contributed by atoms with Crippen molar-refractivity contribution >= 4 is 34.8 Å². The van der Waals surface area contributed by atoms with Gasteiger partial charge < -0.3 is 19.7 Å². The van der Waals surface area contributed by atoms with Crippen LogP contribution in [0.4, 0.5) is 11.4 Å². The molecule has 148 valence electrons. The van der Waals surface area contributed by atoms with Crippen LogP contribution in [-0.2, 0) is 9.59 Å². The minimum atomic E-state index is -0.130.